The summed E-state index contributed by atoms with van der Waals surface area (Å²) in [7, 11) is 1.93. The second-order valence-electron chi connectivity index (χ2n) is 4.74. The van der Waals surface area contributed by atoms with Crippen LogP contribution < -0.4 is 10.1 Å². The van der Waals surface area contributed by atoms with Crippen LogP contribution in [-0.4, -0.2) is 32.4 Å². The third-order valence-electron chi connectivity index (χ3n) is 3.19. The van der Waals surface area contributed by atoms with Gasteiger partial charge in [-0.2, -0.15) is 0 Å². The molecule has 18 heavy (non-hydrogen) atoms. The maximum Gasteiger partial charge on any atom is 0.126 e. The summed E-state index contributed by atoms with van der Waals surface area (Å²) >= 11 is 0. The van der Waals surface area contributed by atoms with Crippen LogP contribution >= 0.6 is 0 Å². The van der Waals surface area contributed by atoms with Gasteiger partial charge in [-0.3, -0.25) is 0 Å². The summed E-state index contributed by atoms with van der Waals surface area (Å²) in [5.41, 5.74) is 0.605. The molecule has 1 aliphatic heterocycles. The van der Waals surface area contributed by atoms with Crippen molar-refractivity contribution in [2.45, 2.75) is 32.0 Å². The molecule has 0 spiro atoms. The summed E-state index contributed by atoms with van der Waals surface area (Å²) in [6, 6.07) is 4.81. The Kier molecular flexibility index (Phi) is 4.55. The Morgan fingerprint density at radius 3 is 2.89 bits per heavy atom. The van der Waals surface area contributed by atoms with Crippen LogP contribution in [0.2, 0.25) is 0 Å². The van der Waals surface area contributed by atoms with E-state index >= 15 is 0 Å². The minimum atomic E-state index is -0.200. The predicted molar refractivity (Wildman–Crippen MR) is 68.5 cm³/mol. The van der Waals surface area contributed by atoms with Gasteiger partial charge in [0.25, 0.3) is 0 Å². The number of benzene rings is 1. The van der Waals surface area contributed by atoms with Crippen molar-refractivity contribution >= 4 is 0 Å². The first kappa shape index (κ1) is 13.3. The molecule has 4 heteroatoms. The molecule has 1 saturated heterocycles. The van der Waals surface area contributed by atoms with Crippen molar-refractivity contribution in [3.63, 3.8) is 0 Å². The van der Waals surface area contributed by atoms with Crippen molar-refractivity contribution in [2.75, 3.05) is 20.2 Å². The fraction of sp³-hybridized carbons (Fsp3) is 0.571. The number of aryl methyl sites for hydroxylation is 1. The van der Waals surface area contributed by atoms with Crippen LogP contribution in [0.25, 0.3) is 0 Å². The molecule has 0 saturated carbocycles. The summed E-state index contributed by atoms with van der Waals surface area (Å²) in [6.07, 6.45) is 2.52. The first-order valence-corrected chi connectivity index (χ1v) is 6.38. The van der Waals surface area contributed by atoms with E-state index in [4.69, 9.17) is 9.47 Å². The second-order valence-corrected chi connectivity index (χ2v) is 4.74. The highest BCUT2D eigenvalue weighted by molar-refractivity contribution is 5.28. The minimum Gasteiger partial charge on any atom is -0.491 e. The molecule has 1 aromatic rings. The van der Waals surface area contributed by atoms with Crippen molar-refractivity contribution in [1.29, 1.82) is 0 Å². The van der Waals surface area contributed by atoms with Gasteiger partial charge in [0.2, 0.25) is 0 Å². The van der Waals surface area contributed by atoms with Gasteiger partial charge < -0.3 is 14.8 Å². The smallest absolute Gasteiger partial charge is 0.126 e. The molecule has 1 N–H and O–H groups in total. The average Bonchev–Trinajstić information content (AvgIpc) is 2.79. The Hall–Kier alpha value is -1.13. The average molecular weight is 253 g/mol. The Balaban J connectivity index is 1.80. The lowest BCUT2D eigenvalue weighted by Gasteiger charge is -2.14. The number of halogens is 1. The lowest BCUT2D eigenvalue weighted by atomic mass is 10.2. The molecular weight excluding hydrogens is 233 g/mol. The van der Waals surface area contributed by atoms with Crippen LogP contribution in [-0.2, 0) is 4.74 Å². The zero-order chi connectivity index (χ0) is 13.0. The van der Waals surface area contributed by atoms with Crippen molar-refractivity contribution in [3.05, 3.63) is 29.6 Å². The molecule has 1 fully saturated rings. The SMILES string of the molecule is CNCC1CCC(COc2ccc(F)c(C)c2)O1. The molecule has 0 amide bonds. The van der Waals surface area contributed by atoms with E-state index in [0.717, 1.165) is 19.4 Å². The van der Waals surface area contributed by atoms with E-state index in [1.165, 1.54) is 6.07 Å². The lowest BCUT2D eigenvalue weighted by molar-refractivity contribution is 0.0193. The van der Waals surface area contributed by atoms with Gasteiger partial charge in [0.1, 0.15) is 18.2 Å². The number of hydrogen-bond acceptors (Lipinski definition) is 3. The van der Waals surface area contributed by atoms with Gasteiger partial charge in [0, 0.05) is 6.54 Å². The van der Waals surface area contributed by atoms with Crippen molar-refractivity contribution in [2.24, 2.45) is 0 Å². The third-order valence-corrected chi connectivity index (χ3v) is 3.19. The zero-order valence-electron chi connectivity index (χ0n) is 10.9. The predicted octanol–water partition coefficient (Wildman–Crippen LogP) is 2.28. The summed E-state index contributed by atoms with van der Waals surface area (Å²) in [5.74, 6) is 0.503. The monoisotopic (exact) mass is 253 g/mol. The number of rotatable bonds is 5. The normalized spacial score (nSPS) is 23.3. The molecule has 100 valence electrons. The fourth-order valence-corrected chi connectivity index (χ4v) is 2.18. The molecule has 2 atom stereocenters. The molecule has 0 aromatic heterocycles. The summed E-state index contributed by atoms with van der Waals surface area (Å²) in [6.45, 7) is 3.15. The molecule has 1 aromatic carbocycles. The van der Waals surface area contributed by atoms with Crippen LogP contribution in [0, 0.1) is 12.7 Å². The number of likely N-dealkylation sites (N-methyl/N-ethyl adjacent to an activating group) is 1. The van der Waals surface area contributed by atoms with Gasteiger partial charge in [0.15, 0.2) is 0 Å². The van der Waals surface area contributed by atoms with Crippen LogP contribution in [0.3, 0.4) is 0 Å². The first-order chi connectivity index (χ1) is 8.69. The first-order valence-electron chi connectivity index (χ1n) is 6.38. The molecule has 3 nitrogen and oxygen atoms in total. The summed E-state index contributed by atoms with van der Waals surface area (Å²) < 4.78 is 24.5. The van der Waals surface area contributed by atoms with E-state index < -0.39 is 0 Å². The van der Waals surface area contributed by atoms with E-state index in [2.05, 4.69) is 5.32 Å². The third kappa shape index (κ3) is 3.43. The molecule has 2 rings (SSSR count). The number of hydrogen-bond donors (Lipinski definition) is 1. The van der Waals surface area contributed by atoms with Crippen molar-refractivity contribution in [3.8, 4) is 5.75 Å². The van der Waals surface area contributed by atoms with Gasteiger partial charge in [-0.25, -0.2) is 4.39 Å². The molecule has 0 bridgehead atoms. The van der Waals surface area contributed by atoms with Crippen molar-refractivity contribution < 1.29 is 13.9 Å². The van der Waals surface area contributed by atoms with E-state index in [1.807, 2.05) is 7.05 Å². The maximum atomic E-state index is 13.1. The van der Waals surface area contributed by atoms with Gasteiger partial charge in [-0.15, -0.1) is 0 Å². The van der Waals surface area contributed by atoms with Crippen LogP contribution in [0.15, 0.2) is 18.2 Å². The van der Waals surface area contributed by atoms with Gasteiger partial charge in [0.05, 0.1) is 12.2 Å². The van der Waals surface area contributed by atoms with Gasteiger partial charge in [-0.1, -0.05) is 0 Å². The Bertz CT molecular complexity index is 397. The number of ether oxygens (including phenoxy) is 2. The molecule has 2 unspecified atom stereocenters. The minimum absolute atomic E-state index is 0.147. The second kappa shape index (κ2) is 6.16. The Morgan fingerprint density at radius 2 is 2.17 bits per heavy atom. The van der Waals surface area contributed by atoms with E-state index in [9.17, 15) is 4.39 Å². The van der Waals surface area contributed by atoms with E-state index in [-0.39, 0.29) is 11.9 Å². The Morgan fingerprint density at radius 1 is 1.39 bits per heavy atom. The van der Waals surface area contributed by atoms with Crippen LogP contribution in [0.1, 0.15) is 18.4 Å². The molecule has 1 heterocycles. The maximum absolute atomic E-state index is 13.1. The molecule has 0 aliphatic carbocycles. The highest BCUT2D eigenvalue weighted by Crippen LogP contribution is 2.21. The Labute approximate surface area is 107 Å². The molecule has 1 aliphatic rings. The fourth-order valence-electron chi connectivity index (χ4n) is 2.18. The summed E-state index contributed by atoms with van der Waals surface area (Å²) in [5, 5.41) is 3.11. The van der Waals surface area contributed by atoms with Crippen molar-refractivity contribution in [1.82, 2.24) is 5.32 Å². The summed E-state index contributed by atoms with van der Waals surface area (Å²) in [4.78, 5) is 0. The highest BCUT2D eigenvalue weighted by atomic mass is 19.1. The quantitative estimate of drug-likeness (QED) is 0.873. The largest absolute Gasteiger partial charge is 0.491 e. The highest BCUT2D eigenvalue weighted by Gasteiger charge is 2.25. The standard InChI is InChI=1S/C14H20FNO2/c1-10-7-11(5-6-14(10)15)17-9-13-4-3-12(18-13)8-16-2/h5-7,12-13,16H,3-4,8-9H2,1-2H3. The lowest BCUT2D eigenvalue weighted by Crippen LogP contribution is -2.25. The molecule has 0 radical (unpaired) electrons. The van der Waals surface area contributed by atoms with Gasteiger partial charge >= 0.3 is 0 Å². The van der Waals surface area contributed by atoms with Gasteiger partial charge in [-0.05, 0) is 50.6 Å². The van der Waals surface area contributed by atoms with E-state index in [1.54, 1.807) is 19.1 Å². The zero-order valence-corrected chi connectivity index (χ0v) is 10.9. The van der Waals surface area contributed by atoms with Crippen LogP contribution in [0.4, 0.5) is 4.39 Å². The van der Waals surface area contributed by atoms with E-state index in [0.29, 0.717) is 24.0 Å². The molecular formula is C14H20FNO2. The van der Waals surface area contributed by atoms with Crippen LogP contribution in [0.5, 0.6) is 5.75 Å². The number of nitrogens with one attached hydrogen (secondary N) is 1. The topological polar surface area (TPSA) is 30.5 Å².